The highest BCUT2D eigenvalue weighted by Crippen LogP contribution is 2.49. The van der Waals surface area contributed by atoms with Crippen LogP contribution in [0.15, 0.2) is 36.4 Å². The summed E-state index contributed by atoms with van der Waals surface area (Å²) in [5.74, 6) is 0.204. The zero-order valence-electron chi connectivity index (χ0n) is 12.7. The summed E-state index contributed by atoms with van der Waals surface area (Å²) in [7, 11) is -3.36. The zero-order valence-corrected chi connectivity index (χ0v) is 13.6. The monoisotopic (exact) mass is 308 g/mol. The fraction of sp³-hybridized carbons (Fsp3) is 0.375. The van der Waals surface area contributed by atoms with Crippen molar-refractivity contribution in [1.82, 2.24) is 0 Å². The Hall–Kier alpha value is -1.35. The number of aromatic hydroxyl groups is 1. The molecule has 2 rings (SSSR count). The first kappa shape index (κ1) is 16.0. The molecule has 0 atom stereocenters. The van der Waals surface area contributed by atoms with Crippen LogP contribution in [0.5, 0.6) is 5.75 Å². The van der Waals surface area contributed by atoms with Crippen molar-refractivity contribution in [1.29, 1.82) is 0 Å². The summed E-state index contributed by atoms with van der Waals surface area (Å²) >= 11 is 0. The van der Waals surface area contributed by atoms with E-state index in [0.717, 1.165) is 10.8 Å². The van der Waals surface area contributed by atoms with E-state index in [2.05, 4.69) is 0 Å². The second-order valence-electron chi connectivity index (χ2n) is 5.52. The SMILES string of the molecule is CC(C)OP(=O)(OC(C)C)c1ccc2cc(O)ccc2c1. The Bertz CT molecular complexity index is 665. The van der Waals surface area contributed by atoms with Crippen LogP contribution in [0.25, 0.3) is 10.8 Å². The third-order valence-corrected chi connectivity index (χ3v) is 5.13. The lowest BCUT2D eigenvalue weighted by atomic mass is 10.1. The molecule has 4 nitrogen and oxygen atoms in total. The molecule has 0 heterocycles. The molecule has 5 heteroatoms. The number of rotatable bonds is 5. The van der Waals surface area contributed by atoms with E-state index in [4.69, 9.17) is 9.05 Å². The number of hydrogen-bond acceptors (Lipinski definition) is 4. The smallest absolute Gasteiger partial charge is 0.361 e. The topological polar surface area (TPSA) is 55.8 Å². The molecule has 0 saturated carbocycles. The van der Waals surface area contributed by atoms with Crippen LogP contribution >= 0.6 is 7.60 Å². The molecule has 0 aromatic heterocycles. The van der Waals surface area contributed by atoms with Crippen LogP contribution in [0.3, 0.4) is 0 Å². The second kappa shape index (κ2) is 6.18. The lowest BCUT2D eigenvalue weighted by molar-refractivity contribution is 0.150. The Morgan fingerprint density at radius 2 is 1.43 bits per heavy atom. The first-order valence-corrected chi connectivity index (χ1v) is 8.54. The van der Waals surface area contributed by atoms with E-state index in [0.29, 0.717) is 5.30 Å². The number of phenols is 1. The fourth-order valence-corrected chi connectivity index (χ4v) is 4.05. The summed E-state index contributed by atoms with van der Waals surface area (Å²) in [6.45, 7) is 7.32. The molecule has 2 aromatic rings. The van der Waals surface area contributed by atoms with E-state index < -0.39 is 7.60 Å². The van der Waals surface area contributed by atoms with Gasteiger partial charge in [-0.25, -0.2) is 0 Å². The van der Waals surface area contributed by atoms with Gasteiger partial charge in [0.1, 0.15) is 5.75 Å². The summed E-state index contributed by atoms with van der Waals surface area (Å²) in [6, 6.07) is 10.4. The Labute approximate surface area is 125 Å². The zero-order chi connectivity index (χ0) is 15.6. The van der Waals surface area contributed by atoms with Crippen LogP contribution in [-0.4, -0.2) is 17.3 Å². The molecule has 2 aromatic carbocycles. The van der Waals surface area contributed by atoms with Gasteiger partial charge < -0.3 is 14.2 Å². The van der Waals surface area contributed by atoms with Gasteiger partial charge in [-0.3, -0.25) is 4.57 Å². The van der Waals surface area contributed by atoms with Gasteiger partial charge in [0.15, 0.2) is 0 Å². The normalized spacial score (nSPS) is 12.5. The van der Waals surface area contributed by atoms with Crippen LogP contribution in [0.1, 0.15) is 27.7 Å². The van der Waals surface area contributed by atoms with E-state index >= 15 is 0 Å². The van der Waals surface area contributed by atoms with Crippen molar-refractivity contribution in [2.75, 3.05) is 0 Å². The fourth-order valence-electron chi connectivity index (χ4n) is 2.09. The van der Waals surface area contributed by atoms with Crippen molar-refractivity contribution >= 4 is 23.7 Å². The number of fused-ring (bicyclic) bond motifs is 1. The van der Waals surface area contributed by atoms with Gasteiger partial charge in [-0.15, -0.1) is 0 Å². The minimum Gasteiger partial charge on any atom is -0.508 e. The molecule has 0 aliphatic heterocycles. The number of benzene rings is 2. The van der Waals surface area contributed by atoms with Gasteiger partial charge >= 0.3 is 7.60 Å². The summed E-state index contributed by atoms with van der Waals surface area (Å²) in [6.07, 6.45) is -0.407. The second-order valence-corrected chi connectivity index (χ2v) is 7.45. The summed E-state index contributed by atoms with van der Waals surface area (Å²) < 4.78 is 24.2. The first-order chi connectivity index (χ1) is 9.80. The Morgan fingerprint density at radius 3 is 2.00 bits per heavy atom. The van der Waals surface area contributed by atoms with E-state index in [1.54, 1.807) is 30.3 Å². The molecule has 21 heavy (non-hydrogen) atoms. The third kappa shape index (κ3) is 3.85. The van der Waals surface area contributed by atoms with Crippen LogP contribution in [0.2, 0.25) is 0 Å². The molecule has 0 fully saturated rings. The Kier molecular flexibility index (Phi) is 4.72. The van der Waals surface area contributed by atoms with Crippen LogP contribution in [0, 0.1) is 0 Å². The molecule has 0 bridgehead atoms. The highest BCUT2D eigenvalue weighted by Gasteiger charge is 2.30. The molecule has 1 N–H and O–H groups in total. The maximum absolute atomic E-state index is 13.1. The first-order valence-electron chi connectivity index (χ1n) is 7.00. The van der Waals surface area contributed by atoms with Crippen LogP contribution in [-0.2, 0) is 13.6 Å². The predicted molar refractivity (Wildman–Crippen MR) is 85.3 cm³/mol. The lowest BCUT2D eigenvalue weighted by Gasteiger charge is -2.23. The standard InChI is InChI=1S/C16H21O4P/c1-11(2)19-21(18,20-12(3)4)16-8-6-13-9-15(17)7-5-14(13)10-16/h5-12,17H,1-4H3. The van der Waals surface area contributed by atoms with Crippen molar-refractivity contribution in [3.8, 4) is 5.75 Å². The molecular weight excluding hydrogens is 287 g/mol. The minimum absolute atomic E-state index is 0.204. The molecule has 0 aliphatic carbocycles. The molecule has 0 aliphatic rings. The molecule has 0 amide bonds. The van der Waals surface area contributed by atoms with E-state index in [9.17, 15) is 9.67 Å². The average molecular weight is 308 g/mol. The van der Waals surface area contributed by atoms with Gasteiger partial charge in [0, 0.05) is 0 Å². The predicted octanol–water partition coefficient (Wildman–Crippen LogP) is 4.21. The third-order valence-electron chi connectivity index (χ3n) is 2.82. The van der Waals surface area contributed by atoms with Gasteiger partial charge in [-0.1, -0.05) is 12.1 Å². The van der Waals surface area contributed by atoms with E-state index in [1.807, 2.05) is 33.8 Å². The van der Waals surface area contributed by atoms with Crippen molar-refractivity contribution in [3.63, 3.8) is 0 Å². The molecule has 0 unspecified atom stereocenters. The number of hydrogen-bond donors (Lipinski definition) is 1. The van der Waals surface area contributed by atoms with Gasteiger partial charge in [0.2, 0.25) is 0 Å². The van der Waals surface area contributed by atoms with Crippen molar-refractivity contribution in [3.05, 3.63) is 36.4 Å². The largest absolute Gasteiger partial charge is 0.508 e. The van der Waals surface area contributed by atoms with Gasteiger partial charge in [0.05, 0.1) is 17.5 Å². The van der Waals surface area contributed by atoms with Gasteiger partial charge in [-0.2, -0.15) is 0 Å². The van der Waals surface area contributed by atoms with Gasteiger partial charge in [0.25, 0.3) is 0 Å². The molecule has 0 spiro atoms. The van der Waals surface area contributed by atoms with Crippen molar-refractivity contribution in [2.24, 2.45) is 0 Å². The minimum atomic E-state index is -3.36. The van der Waals surface area contributed by atoms with E-state index in [-0.39, 0.29) is 18.0 Å². The lowest BCUT2D eigenvalue weighted by Crippen LogP contribution is -2.16. The van der Waals surface area contributed by atoms with Crippen molar-refractivity contribution in [2.45, 2.75) is 39.9 Å². The molecule has 114 valence electrons. The van der Waals surface area contributed by atoms with Crippen molar-refractivity contribution < 1.29 is 18.7 Å². The summed E-state index contributed by atoms with van der Waals surface area (Å²) in [5.41, 5.74) is 0. The molecular formula is C16H21O4P. The summed E-state index contributed by atoms with van der Waals surface area (Å²) in [4.78, 5) is 0. The maximum Gasteiger partial charge on any atom is 0.361 e. The molecule has 0 radical (unpaired) electrons. The van der Waals surface area contributed by atoms with Crippen LogP contribution in [0.4, 0.5) is 0 Å². The van der Waals surface area contributed by atoms with E-state index in [1.165, 1.54) is 0 Å². The highest BCUT2D eigenvalue weighted by molar-refractivity contribution is 7.62. The maximum atomic E-state index is 13.1. The summed E-state index contributed by atoms with van der Waals surface area (Å²) in [5, 5.41) is 11.8. The van der Waals surface area contributed by atoms with Crippen LogP contribution < -0.4 is 5.30 Å². The average Bonchev–Trinajstić information content (AvgIpc) is 2.35. The highest BCUT2D eigenvalue weighted by atomic mass is 31.2. The Balaban J connectivity index is 2.49. The molecule has 0 saturated heterocycles. The quantitative estimate of drug-likeness (QED) is 0.840. The van der Waals surface area contributed by atoms with Gasteiger partial charge in [-0.05, 0) is 62.7 Å². The Morgan fingerprint density at radius 1 is 0.905 bits per heavy atom. The number of phenolic OH excluding ortho intramolecular Hbond substituents is 1.